The second-order valence-electron chi connectivity index (χ2n) is 4.66. The van der Waals surface area contributed by atoms with Crippen LogP contribution in [0, 0.1) is 0 Å². The van der Waals surface area contributed by atoms with Crippen molar-refractivity contribution in [2.75, 3.05) is 0 Å². The highest BCUT2D eigenvalue weighted by molar-refractivity contribution is 7.86. The average molecular weight is 297 g/mol. The maximum atomic E-state index is 11.9. The highest BCUT2D eigenvalue weighted by Crippen LogP contribution is 2.13. The normalized spacial score (nSPS) is 12.4. The molecule has 20 heavy (non-hydrogen) atoms. The molecular weight excluding hydrogens is 274 g/mol. The third kappa shape index (κ3) is 5.74. The molecule has 1 rings (SSSR count). The molecule has 0 spiro atoms. The minimum Gasteiger partial charge on any atom is -0.265 e. The number of unbranched alkanes of at least 4 members (excludes halogenated alkanes) is 3. The van der Waals surface area contributed by atoms with Crippen LogP contribution >= 0.6 is 0 Å². The molecule has 0 unspecified atom stereocenters. The monoisotopic (exact) mass is 297 g/mol. The fourth-order valence-electron chi connectivity index (χ4n) is 1.77. The van der Waals surface area contributed by atoms with Crippen LogP contribution in [0.25, 0.3) is 0 Å². The van der Waals surface area contributed by atoms with Gasteiger partial charge in [0.2, 0.25) is 0 Å². The van der Waals surface area contributed by atoms with Gasteiger partial charge in [0.25, 0.3) is 0 Å². The minimum atomic E-state index is -3.79. The molecular formula is C15H23NO3S. The van der Waals surface area contributed by atoms with Crippen molar-refractivity contribution < 1.29 is 12.7 Å². The summed E-state index contributed by atoms with van der Waals surface area (Å²) in [7, 11) is -3.79. The Morgan fingerprint density at radius 2 is 1.80 bits per heavy atom. The number of hydrogen-bond donors (Lipinski definition) is 0. The lowest BCUT2D eigenvalue weighted by atomic mass is 10.1. The van der Waals surface area contributed by atoms with Crippen LogP contribution in [0.15, 0.2) is 40.4 Å². The Kier molecular flexibility index (Phi) is 7.30. The Morgan fingerprint density at radius 1 is 1.10 bits per heavy atom. The maximum Gasteiger partial charge on any atom is 0.358 e. The topological polar surface area (TPSA) is 55.7 Å². The van der Waals surface area contributed by atoms with Crippen LogP contribution < -0.4 is 0 Å². The van der Waals surface area contributed by atoms with Crippen molar-refractivity contribution >= 4 is 15.8 Å². The first-order valence-electron chi connectivity index (χ1n) is 7.14. The molecule has 4 nitrogen and oxygen atoms in total. The predicted octanol–water partition coefficient (Wildman–Crippen LogP) is 4.13. The van der Waals surface area contributed by atoms with Crippen molar-refractivity contribution in [3.05, 3.63) is 30.3 Å². The summed E-state index contributed by atoms with van der Waals surface area (Å²) in [6.07, 6.45) is 6.03. The van der Waals surface area contributed by atoms with Gasteiger partial charge < -0.3 is 0 Å². The molecule has 0 aliphatic rings. The molecule has 0 amide bonds. The predicted molar refractivity (Wildman–Crippen MR) is 81.2 cm³/mol. The molecule has 1 aromatic carbocycles. The van der Waals surface area contributed by atoms with Crippen molar-refractivity contribution in [2.24, 2.45) is 5.16 Å². The van der Waals surface area contributed by atoms with E-state index in [0.29, 0.717) is 6.42 Å². The lowest BCUT2D eigenvalue weighted by molar-refractivity contribution is 0.336. The highest BCUT2D eigenvalue weighted by Gasteiger charge is 2.15. The molecule has 0 atom stereocenters. The lowest BCUT2D eigenvalue weighted by Crippen LogP contribution is -2.05. The van der Waals surface area contributed by atoms with Gasteiger partial charge in [0.1, 0.15) is 4.90 Å². The van der Waals surface area contributed by atoms with Gasteiger partial charge in [0.05, 0.1) is 5.71 Å². The zero-order chi connectivity index (χ0) is 14.8. The van der Waals surface area contributed by atoms with Crippen molar-refractivity contribution in [1.82, 2.24) is 0 Å². The van der Waals surface area contributed by atoms with Gasteiger partial charge in [-0.15, -0.1) is 0 Å². The van der Waals surface area contributed by atoms with E-state index in [-0.39, 0.29) is 4.90 Å². The van der Waals surface area contributed by atoms with E-state index in [0.717, 1.165) is 25.0 Å². The van der Waals surface area contributed by atoms with E-state index in [2.05, 4.69) is 12.1 Å². The van der Waals surface area contributed by atoms with E-state index in [4.69, 9.17) is 4.28 Å². The molecule has 0 saturated heterocycles. The van der Waals surface area contributed by atoms with Crippen LogP contribution in [0.1, 0.15) is 52.4 Å². The van der Waals surface area contributed by atoms with Crippen molar-refractivity contribution in [3.63, 3.8) is 0 Å². The molecule has 0 radical (unpaired) electrons. The van der Waals surface area contributed by atoms with E-state index in [1.807, 2.05) is 6.92 Å². The summed E-state index contributed by atoms with van der Waals surface area (Å²) in [4.78, 5) is 0.130. The molecule has 0 aliphatic heterocycles. The first-order chi connectivity index (χ1) is 9.60. The standard InChI is InChI=1S/C15H23NO3S/c1-3-5-6-8-11-14(4-2)16-19-20(17,18)15-12-9-7-10-13-15/h7,9-10,12-13H,3-6,8,11H2,1-2H3. The first-order valence-corrected chi connectivity index (χ1v) is 8.55. The Morgan fingerprint density at radius 3 is 2.40 bits per heavy atom. The zero-order valence-corrected chi connectivity index (χ0v) is 13.0. The maximum absolute atomic E-state index is 11.9. The number of rotatable bonds is 9. The molecule has 0 aliphatic carbocycles. The van der Waals surface area contributed by atoms with Gasteiger partial charge in [-0.2, -0.15) is 8.42 Å². The van der Waals surface area contributed by atoms with E-state index >= 15 is 0 Å². The average Bonchev–Trinajstić information content (AvgIpc) is 2.47. The van der Waals surface area contributed by atoms with Gasteiger partial charge >= 0.3 is 10.1 Å². The molecule has 1 aromatic rings. The summed E-state index contributed by atoms with van der Waals surface area (Å²) >= 11 is 0. The largest absolute Gasteiger partial charge is 0.358 e. The third-order valence-corrected chi connectivity index (χ3v) is 4.14. The van der Waals surface area contributed by atoms with Crippen molar-refractivity contribution in [2.45, 2.75) is 57.3 Å². The second-order valence-corrected chi connectivity index (χ2v) is 6.19. The molecule has 0 bridgehead atoms. The Bertz CT molecular complexity index is 509. The molecule has 0 saturated carbocycles. The Labute approximate surface area is 122 Å². The fraction of sp³-hybridized carbons (Fsp3) is 0.533. The number of nitrogens with zero attached hydrogens (tertiary/aromatic N) is 1. The lowest BCUT2D eigenvalue weighted by Gasteiger charge is -2.05. The molecule has 5 heteroatoms. The summed E-state index contributed by atoms with van der Waals surface area (Å²) in [6.45, 7) is 4.11. The molecule has 0 aromatic heterocycles. The number of benzene rings is 1. The van der Waals surface area contributed by atoms with Gasteiger partial charge in [-0.05, 0) is 31.4 Å². The first kappa shape index (κ1) is 16.7. The zero-order valence-electron chi connectivity index (χ0n) is 12.2. The van der Waals surface area contributed by atoms with Gasteiger partial charge in [-0.1, -0.05) is 56.5 Å². The van der Waals surface area contributed by atoms with E-state index < -0.39 is 10.1 Å². The summed E-state index contributed by atoms with van der Waals surface area (Å²) < 4.78 is 28.6. The second kappa shape index (κ2) is 8.74. The summed E-state index contributed by atoms with van der Waals surface area (Å²) in [6, 6.07) is 8.07. The van der Waals surface area contributed by atoms with Gasteiger partial charge in [0.15, 0.2) is 0 Å². The van der Waals surface area contributed by atoms with Crippen LogP contribution in [0.4, 0.5) is 0 Å². The van der Waals surface area contributed by atoms with Crippen LogP contribution in [-0.2, 0) is 14.4 Å². The van der Waals surface area contributed by atoms with Crippen molar-refractivity contribution in [1.29, 1.82) is 0 Å². The molecule has 112 valence electrons. The van der Waals surface area contributed by atoms with Crippen molar-refractivity contribution in [3.8, 4) is 0 Å². The SMILES string of the molecule is CCCCCCC(CC)=NOS(=O)(=O)c1ccccc1. The number of oxime groups is 1. The highest BCUT2D eigenvalue weighted by atomic mass is 32.2. The molecule has 0 heterocycles. The van der Waals surface area contributed by atoms with Crippen LogP contribution in [-0.4, -0.2) is 14.1 Å². The molecule has 0 fully saturated rings. The van der Waals surface area contributed by atoms with E-state index in [1.165, 1.54) is 25.0 Å². The van der Waals surface area contributed by atoms with Crippen LogP contribution in [0.2, 0.25) is 0 Å². The Balaban J connectivity index is 2.59. The number of hydrogen-bond acceptors (Lipinski definition) is 4. The Hall–Kier alpha value is -1.36. The van der Waals surface area contributed by atoms with Crippen LogP contribution in [0.5, 0.6) is 0 Å². The van der Waals surface area contributed by atoms with Gasteiger partial charge in [-0.25, -0.2) is 0 Å². The smallest absolute Gasteiger partial charge is 0.265 e. The van der Waals surface area contributed by atoms with Gasteiger partial charge in [-0.3, -0.25) is 4.28 Å². The van der Waals surface area contributed by atoms with E-state index in [1.54, 1.807) is 18.2 Å². The summed E-state index contributed by atoms with van der Waals surface area (Å²) in [5.74, 6) is 0. The summed E-state index contributed by atoms with van der Waals surface area (Å²) in [5.41, 5.74) is 0.792. The quantitative estimate of drug-likeness (QED) is 0.391. The molecule has 0 N–H and O–H groups in total. The van der Waals surface area contributed by atoms with Crippen LogP contribution in [0.3, 0.4) is 0 Å². The summed E-state index contributed by atoms with van der Waals surface area (Å²) in [5, 5.41) is 3.82. The third-order valence-electron chi connectivity index (χ3n) is 3.02. The van der Waals surface area contributed by atoms with E-state index in [9.17, 15) is 8.42 Å². The van der Waals surface area contributed by atoms with Gasteiger partial charge in [0, 0.05) is 0 Å². The fourth-order valence-corrected chi connectivity index (χ4v) is 2.55. The minimum absolute atomic E-state index is 0.130.